The van der Waals surface area contributed by atoms with E-state index in [1.807, 2.05) is 26.0 Å². The van der Waals surface area contributed by atoms with Crippen molar-refractivity contribution < 1.29 is 38.1 Å². The number of amides is 2. The molecule has 0 aromatic heterocycles. The summed E-state index contributed by atoms with van der Waals surface area (Å²) in [4.78, 5) is 52.8. The van der Waals surface area contributed by atoms with E-state index in [0.29, 0.717) is 44.6 Å². The van der Waals surface area contributed by atoms with E-state index >= 15 is 0 Å². The molecule has 0 aliphatic carbocycles. The molecule has 2 amide bonds. The second kappa shape index (κ2) is 19.2. The van der Waals surface area contributed by atoms with Crippen LogP contribution in [0.3, 0.4) is 0 Å². The van der Waals surface area contributed by atoms with Crippen LogP contribution in [0.4, 0.5) is 4.79 Å². The number of nitrogens with zero attached hydrogens (tertiary/aromatic N) is 1. The molecule has 254 valence electrons. The predicted octanol–water partition coefficient (Wildman–Crippen LogP) is 6.50. The summed E-state index contributed by atoms with van der Waals surface area (Å²) >= 11 is 0. The average molecular weight is 649 g/mol. The Morgan fingerprint density at radius 1 is 1.00 bits per heavy atom. The van der Waals surface area contributed by atoms with Gasteiger partial charge in [-0.25, -0.2) is 9.59 Å². The number of ether oxygens (including phenoxy) is 4. The third-order valence-corrected chi connectivity index (χ3v) is 8.63. The summed E-state index contributed by atoms with van der Waals surface area (Å²) in [6, 6.07) is 6.39. The average Bonchev–Trinajstić information content (AvgIpc) is 2.93. The fourth-order valence-electron chi connectivity index (χ4n) is 4.22. The van der Waals surface area contributed by atoms with Gasteiger partial charge in [0.1, 0.15) is 30.0 Å². The van der Waals surface area contributed by atoms with Gasteiger partial charge in [-0.1, -0.05) is 64.7 Å². The molecule has 1 N–H and O–H groups in total. The topological polar surface area (TPSA) is 120 Å². The predicted molar refractivity (Wildman–Crippen MR) is 179 cm³/mol. The molecule has 0 unspecified atom stereocenters. The van der Waals surface area contributed by atoms with Crippen LogP contribution in [0.15, 0.2) is 36.9 Å². The van der Waals surface area contributed by atoms with Crippen LogP contribution in [-0.2, 0) is 35.1 Å². The fourth-order valence-corrected chi connectivity index (χ4v) is 4.93. The number of hydrogen-bond donors (Lipinski definition) is 1. The molecule has 1 rings (SSSR count). The van der Waals surface area contributed by atoms with E-state index in [2.05, 4.69) is 31.5 Å². The highest BCUT2D eigenvalue weighted by molar-refractivity contribution is 6.76. The molecule has 0 saturated carbocycles. The van der Waals surface area contributed by atoms with Crippen molar-refractivity contribution >= 4 is 32.0 Å². The first-order chi connectivity index (χ1) is 21.0. The smallest absolute Gasteiger partial charge is 0.408 e. The lowest BCUT2D eigenvalue weighted by Gasteiger charge is -2.35. The number of unbranched alkanes of at least 4 members (excludes halogenated alkanes) is 1. The lowest BCUT2D eigenvalue weighted by Crippen LogP contribution is -2.55. The summed E-state index contributed by atoms with van der Waals surface area (Å²) in [7, 11) is -1.23. The third kappa shape index (κ3) is 16.5. The van der Waals surface area contributed by atoms with Crippen LogP contribution in [0, 0.1) is 5.92 Å². The van der Waals surface area contributed by atoms with Crippen molar-refractivity contribution in [3.63, 3.8) is 0 Å². The highest BCUT2D eigenvalue weighted by Crippen LogP contribution is 2.22. The summed E-state index contributed by atoms with van der Waals surface area (Å²) in [5.74, 6) is -0.724. The number of nitrogens with one attached hydrogen (secondary N) is 1. The lowest BCUT2D eigenvalue weighted by molar-refractivity contribution is -0.158. The maximum Gasteiger partial charge on any atom is 0.408 e. The lowest BCUT2D eigenvalue weighted by atomic mass is 9.96. The maximum absolute atomic E-state index is 13.8. The molecule has 0 aliphatic heterocycles. The van der Waals surface area contributed by atoms with E-state index in [9.17, 15) is 19.2 Å². The number of rotatable bonds is 19. The quantitative estimate of drug-likeness (QED) is 0.0593. The Morgan fingerprint density at radius 2 is 1.64 bits per heavy atom. The van der Waals surface area contributed by atoms with E-state index in [-0.39, 0.29) is 25.0 Å². The summed E-state index contributed by atoms with van der Waals surface area (Å²) < 4.78 is 21.9. The Bertz CT molecular complexity index is 1090. The molecule has 0 bridgehead atoms. The largest absolute Gasteiger partial charge is 0.494 e. The van der Waals surface area contributed by atoms with Gasteiger partial charge in [0.15, 0.2) is 0 Å². The van der Waals surface area contributed by atoms with Crippen LogP contribution in [0.25, 0.3) is 0 Å². The second-order valence-electron chi connectivity index (χ2n) is 13.6. The monoisotopic (exact) mass is 648 g/mol. The normalized spacial score (nSPS) is 13.5. The van der Waals surface area contributed by atoms with Gasteiger partial charge in [-0.3, -0.25) is 9.59 Å². The number of alkyl carbamates (subject to hydrolysis) is 1. The van der Waals surface area contributed by atoms with Crippen LogP contribution in [0.2, 0.25) is 25.7 Å². The van der Waals surface area contributed by atoms with E-state index < -0.39 is 43.7 Å². The highest BCUT2D eigenvalue weighted by Gasteiger charge is 2.37. The van der Waals surface area contributed by atoms with Crippen LogP contribution < -0.4 is 10.1 Å². The van der Waals surface area contributed by atoms with Crippen molar-refractivity contribution in [3.05, 3.63) is 42.5 Å². The number of benzene rings is 1. The molecule has 0 fully saturated rings. The van der Waals surface area contributed by atoms with E-state index in [4.69, 9.17) is 18.9 Å². The first-order valence-corrected chi connectivity index (χ1v) is 19.6. The van der Waals surface area contributed by atoms with Gasteiger partial charge >= 0.3 is 18.0 Å². The van der Waals surface area contributed by atoms with Gasteiger partial charge in [-0.15, -0.1) is 0 Å². The fraction of sp³-hybridized carbons (Fsp3) is 0.647. The molecule has 3 atom stereocenters. The molecule has 0 spiro atoms. The molecule has 0 saturated heterocycles. The van der Waals surface area contributed by atoms with Crippen LogP contribution >= 0.6 is 0 Å². The van der Waals surface area contributed by atoms with Gasteiger partial charge in [0.05, 0.1) is 13.2 Å². The molecule has 0 heterocycles. The standard InChI is InChI=1S/C34H56N2O8Si/c1-11-20-43-32(39)30(25(3)12-2)36(31(38)26(4)35-33(40)44-34(5,6)7)24-27-16-18-28(19-17-27)41-21-14-13-15-29(37)42-22-23-45(8,9)10/h11,16-19,25-26,30H,1,12-15,20-24H2,2-10H3,(H,35,40)/t25-,26-,30-/m0/s1. The van der Waals surface area contributed by atoms with E-state index in [0.717, 1.165) is 11.6 Å². The molecular weight excluding hydrogens is 592 g/mol. The minimum atomic E-state index is -1.23. The Labute approximate surface area is 271 Å². The highest BCUT2D eigenvalue weighted by atomic mass is 28.3. The second-order valence-corrected chi connectivity index (χ2v) is 19.2. The van der Waals surface area contributed by atoms with E-state index in [1.54, 1.807) is 39.8 Å². The Hall–Kier alpha value is -3.34. The molecule has 1 aromatic carbocycles. The molecule has 45 heavy (non-hydrogen) atoms. The van der Waals surface area contributed by atoms with Gasteiger partial charge < -0.3 is 29.2 Å². The van der Waals surface area contributed by atoms with Crippen molar-refractivity contribution in [2.45, 2.75) is 117 Å². The SMILES string of the molecule is C=CCOC(=O)[C@H]([C@@H](C)CC)N(Cc1ccc(OCCCCC(=O)OCC[Si](C)(C)C)cc1)C(=O)[C@H](C)NC(=O)OC(C)(C)C. The summed E-state index contributed by atoms with van der Waals surface area (Å²) in [5, 5.41) is 2.59. The van der Waals surface area contributed by atoms with Gasteiger partial charge in [-0.05, 0) is 70.2 Å². The Morgan fingerprint density at radius 3 is 2.20 bits per heavy atom. The zero-order valence-electron chi connectivity index (χ0n) is 28.9. The van der Waals surface area contributed by atoms with Crippen molar-refractivity contribution in [2.24, 2.45) is 5.92 Å². The number of esters is 2. The molecule has 0 radical (unpaired) electrons. The van der Waals surface area contributed by atoms with Crippen molar-refractivity contribution in [1.29, 1.82) is 0 Å². The molecule has 10 nitrogen and oxygen atoms in total. The van der Waals surface area contributed by atoms with E-state index in [1.165, 1.54) is 11.0 Å². The summed E-state index contributed by atoms with van der Waals surface area (Å²) in [6.45, 7) is 22.0. The number of carbonyl (C=O) groups is 4. The van der Waals surface area contributed by atoms with Crippen LogP contribution in [0.1, 0.15) is 72.8 Å². The van der Waals surface area contributed by atoms with Crippen LogP contribution in [0.5, 0.6) is 5.75 Å². The summed E-state index contributed by atoms with van der Waals surface area (Å²) in [6.07, 6.45) is 3.12. The first-order valence-electron chi connectivity index (χ1n) is 15.9. The molecular formula is C34H56N2O8Si. The third-order valence-electron chi connectivity index (χ3n) is 6.93. The summed E-state index contributed by atoms with van der Waals surface area (Å²) in [5.41, 5.74) is 0.0364. The number of hydrogen-bond acceptors (Lipinski definition) is 8. The van der Waals surface area contributed by atoms with Gasteiger partial charge in [0.25, 0.3) is 0 Å². The van der Waals surface area contributed by atoms with Gasteiger partial charge in [-0.2, -0.15) is 0 Å². The van der Waals surface area contributed by atoms with Crippen molar-refractivity contribution in [2.75, 3.05) is 19.8 Å². The Kier molecular flexibility index (Phi) is 17.0. The molecule has 11 heteroatoms. The maximum atomic E-state index is 13.8. The molecule has 0 aliphatic rings. The van der Waals surface area contributed by atoms with Crippen molar-refractivity contribution in [3.8, 4) is 5.75 Å². The zero-order chi connectivity index (χ0) is 34.2. The Balaban J connectivity index is 2.92. The van der Waals surface area contributed by atoms with Crippen molar-refractivity contribution in [1.82, 2.24) is 10.2 Å². The van der Waals surface area contributed by atoms with Crippen LogP contribution in [-0.4, -0.2) is 74.4 Å². The minimum absolute atomic E-state index is 0.0192. The zero-order valence-corrected chi connectivity index (χ0v) is 29.9. The first kappa shape index (κ1) is 39.7. The number of carbonyl (C=O) groups excluding carboxylic acids is 4. The van der Waals surface area contributed by atoms with Gasteiger partial charge in [0.2, 0.25) is 5.91 Å². The van der Waals surface area contributed by atoms with Gasteiger partial charge in [0, 0.05) is 21.0 Å². The minimum Gasteiger partial charge on any atom is -0.494 e. The molecule has 1 aromatic rings.